The van der Waals surface area contributed by atoms with E-state index in [4.69, 9.17) is 0 Å². The van der Waals surface area contributed by atoms with E-state index in [0.717, 1.165) is 38.3 Å². The molecule has 0 N–H and O–H groups in total. The number of carbonyl (C=O) groups excluding carboxylic acids is 1. The number of hydrogen-bond acceptors (Lipinski definition) is 2. The first-order valence-corrected chi connectivity index (χ1v) is 7.36. The van der Waals surface area contributed by atoms with Crippen LogP contribution in [-0.4, -0.2) is 23.3 Å². The molecule has 2 unspecified atom stereocenters. The van der Waals surface area contributed by atoms with Gasteiger partial charge in [-0.1, -0.05) is 12.1 Å². The zero-order chi connectivity index (χ0) is 14.1. The van der Waals surface area contributed by atoms with Gasteiger partial charge in [0.15, 0.2) is 11.6 Å². The standard InChI is InChI=1S/C16H19F2NO/c17-13-6-1-4-11(16(13)18)10-19-9-3-7-14(19)12-5-2-8-15(12)20/h1,4,6,12,14H,2-3,5,7-10H2. The first-order valence-electron chi connectivity index (χ1n) is 7.36. The maximum atomic E-state index is 13.8. The van der Waals surface area contributed by atoms with Gasteiger partial charge < -0.3 is 0 Å². The summed E-state index contributed by atoms with van der Waals surface area (Å²) in [4.78, 5) is 14.1. The molecule has 2 fully saturated rings. The zero-order valence-corrected chi connectivity index (χ0v) is 11.4. The molecule has 1 saturated carbocycles. The highest BCUT2D eigenvalue weighted by Crippen LogP contribution is 2.34. The van der Waals surface area contributed by atoms with Gasteiger partial charge in [0.1, 0.15) is 5.78 Å². The van der Waals surface area contributed by atoms with Crippen LogP contribution in [0.2, 0.25) is 0 Å². The summed E-state index contributed by atoms with van der Waals surface area (Å²) in [5, 5.41) is 0. The quantitative estimate of drug-likeness (QED) is 0.846. The number of hydrogen-bond donors (Lipinski definition) is 0. The van der Waals surface area contributed by atoms with E-state index < -0.39 is 11.6 Å². The number of halogens is 2. The van der Waals surface area contributed by atoms with Gasteiger partial charge in [-0.2, -0.15) is 0 Å². The average molecular weight is 279 g/mol. The van der Waals surface area contributed by atoms with Crippen molar-refractivity contribution < 1.29 is 13.6 Å². The maximum absolute atomic E-state index is 13.8. The van der Waals surface area contributed by atoms with E-state index in [1.165, 1.54) is 0 Å². The fraction of sp³-hybridized carbons (Fsp3) is 0.562. The molecule has 1 heterocycles. The predicted molar refractivity (Wildman–Crippen MR) is 72.1 cm³/mol. The molecule has 2 aliphatic rings. The van der Waals surface area contributed by atoms with Crippen molar-refractivity contribution in [1.82, 2.24) is 4.90 Å². The van der Waals surface area contributed by atoms with Gasteiger partial charge in [0.2, 0.25) is 0 Å². The molecule has 0 amide bonds. The van der Waals surface area contributed by atoms with E-state index in [9.17, 15) is 13.6 Å². The third kappa shape index (κ3) is 2.49. The smallest absolute Gasteiger partial charge is 0.163 e. The van der Waals surface area contributed by atoms with Crippen LogP contribution in [0.4, 0.5) is 8.78 Å². The van der Waals surface area contributed by atoms with Gasteiger partial charge in [0.05, 0.1) is 0 Å². The number of likely N-dealkylation sites (tertiary alicyclic amines) is 1. The van der Waals surface area contributed by atoms with Gasteiger partial charge in [0.25, 0.3) is 0 Å². The van der Waals surface area contributed by atoms with Gasteiger partial charge >= 0.3 is 0 Å². The van der Waals surface area contributed by atoms with Crippen LogP contribution in [0, 0.1) is 17.6 Å². The second-order valence-electron chi connectivity index (χ2n) is 5.86. The molecule has 0 spiro atoms. The van der Waals surface area contributed by atoms with Crippen molar-refractivity contribution in [2.75, 3.05) is 6.54 Å². The highest BCUT2D eigenvalue weighted by Gasteiger charge is 2.38. The van der Waals surface area contributed by atoms with Crippen LogP contribution >= 0.6 is 0 Å². The van der Waals surface area contributed by atoms with Gasteiger partial charge in [-0.25, -0.2) is 8.78 Å². The van der Waals surface area contributed by atoms with Crippen molar-refractivity contribution >= 4 is 5.78 Å². The Morgan fingerprint density at radius 2 is 2.05 bits per heavy atom. The molecule has 1 aliphatic carbocycles. The predicted octanol–water partition coefficient (Wildman–Crippen LogP) is 3.30. The Morgan fingerprint density at radius 1 is 1.20 bits per heavy atom. The summed E-state index contributed by atoms with van der Waals surface area (Å²) in [5.41, 5.74) is 0.391. The maximum Gasteiger partial charge on any atom is 0.163 e. The lowest BCUT2D eigenvalue weighted by molar-refractivity contribution is -0.122. The fourth-order valence-corrected chi connectivity index (χ4v) is 3.64. The fourth-order valence-electron chi connectivity index (χ4n) is 3.64. The normalized spacial score (nSPS) is 27.4. The highest BCUT2D eigenvalue weighted by molar-refractivity contribution is 5.83. The summed E-state index contributed by atoms with van der Waals surface area (Å²) in [6.07, 6.45) is 4.63. The molecule has 0 radical (unpaired) electrons. The minimum absolute atomic E-state index is 0.106. The largest absolute Gasteiger partial charge is 0.299 e. The second kappa shape index (κ2) is 5.60. The Balaban J connectivity index is 1.76. The number of benzene rings is 1. The summed E-state index contributed by atoms with van der Waals surface area (Å²) in [5.74, 6) is -1.10. The van der Waals surface area contributed by atoms with E-state index in [2.05, 4.69) is 4.90 Å². The number of rotatable bonds is 3. The summed E-state index contributed by atoms with van der Waals surface area (Å²) in [6.45, 7) is 1.27. The summed E-state index contributed by atoms with van der Waals surface area (Å²) >= 11 is 0. The third-order valence-electron chi connectivity index (χ3n) is 4.64. The van der Waals surface area contributed by atoms with Crippen LogP contribution in [0.1, 0.15) is 37.7 Å². The minimum Gasteiger partial charge on any atom is -0.299 e. The van der Waals surface area contributed by atoms with E-state index in [0.29, 0.717) is 24.3 Å². The van der Waals surface area contributed by atoms with Crippen molar-refractivity contribution in [3.05, 3.63) is 35.4 Å². The molecule has 0 bridgehead atoms. The Hall–Kier alpha value is -1.29. The Bertz CT molecular complexity index is 517. The van der Waals surface area contributed by atoms with Crippen molar-refractivity contribution in [1.29, 1.82) is 0 Å². The topological polar surface area (TPSA) is 20.3 Å². The molecule has 1 saturated heterocycles. The molecule has 1 aromatic carbocycles. The molecular weight excluding hydrogens is 260 g/mol. The molecule has 3 rings (SSSR count). The monoisotopic (exact) mass is 279 g/mol. The van der Waals surface area contributed by atoms with Crippen LogP contribution in [0.5, 0.6) is 0 Å². The van der Waals surface area contributed by atoms with Gasteiger partial charge in [-0.05, 0) is 38.3 Å². The molecule has 2 nitrogen and oxygen atoms in total. The third-order valence-corrected chi connectivity index (χ3v) is 4.64. The van der Waals surface area contributed by atoms with E-state index >= 15 is 0 Å². The lowest BCUT2D eigenvalue weighted by Gasteiger charge is -2.28. The minimum atomic E-state index is -0.796. The molecule has 1 aliphatic heterocycles. The molecule has 2 atom stereocenters. The van der Waals surface area contributed by atoms with Crippen LogP contribution < -0.4 is 0 Å². The zero-order valence-electron chi connectivity index (χ0n) is 11.4. The number of carbonyl (C=O) groups is 1. The SMILES string of the molecule is O=C1CCCC1C1CCCN1Cc1cccc(F)c1F. The van der Waals surface area contributed by atoms with Crippen molar-refractivity contribution in [2.24, 2.45) is 5.92 Å². The molecule has 1 aromatic rings. The second-order valence-corrected chi connectivity index (χ2v) is 5.86. The Morgan fingerprint density at radius 3 is 2.80 bits per heavy atom. The van der Waals surface area contributed by atoms with E-state index in [1.54, 1.807) is 12.1 Å². The van der Waals surface area contributed by atoms with Gasteiger partial charge in [-0.15, -0.1) is 0 Å². The number of ketones is 1. The molecule has 108 valence electrons. The van der Waals surface area contributed by atoms with Crippen LogP contribution in [0.25, 0.3) is 0 Å². The average Bonchev–Trinajstić information content (AvgIpc) is 3.03. The van der Waals surface area contributed by atoms with E-state index in [-0.39, 0.29) is 12.0 Å². The van der Waals surface area contributed by atoms with Crippen LogP contribution in [-0.2, 0) is 11.3 Å². The summed E-state index contributed by atoms with van der Waals surface area (Å²) < 4.78 is 27.0. The Labute approximate surface area is 117 Å². The summed E-state index contributed by atoms with van der Waals surface area (Å²) in [6, 6.07) is 4.53. The van der Waals surface area contributed by atoms with Crippen molar-refractivity contribution in [3.8, 4) is 0 Å². The molecule has 0 aromatic heterocycles. The van der Waals surface area contributed by atoms with Crippen molar-refractivity contribution in [2.45, 2.75) is 44.7 Å². The molecule has 4 heteroatoms. The van der Waals surface area contributed by atoms with Gasteiger partial charge in [-0.3, -0.25) is 9.69 Å². The lowest BCUT2D eigenvalue weighted by atomic mass is 9.95. The highest BCUT2D eigenvalue weighted by atomic mass is 19.2. The van der Waals surface area contributed by atoms with Crippen LogP contribution in [0.3, 0.4) is 0 Å². The summed E-state index contributed by atoms with van der Waals surface area (Å²) in [7, 11) is 0. The first-order chi connectivity index (χ1) is 9.66. The Kier molecular flexibility index (Phi) is 3.83. The van der Waals surface area contributed by atoms with E-state index in [1.807, 2.05) is 0 Å². The number of nitrogens with zero attached hydrogens (tertiary/aromatic N) is 1. The van der Waals surface area contributed by atoms with Crippen molar-refractivity contribution in [3.63, 3.8) is 0 Å². The van der Waals surface area contributed by atoms with Gasteiger partial charge in [0, 0.05) is 30.5 Å². The molecular formula is C16H19F2NO. The number of Topliss-reactive ketones (excluding diaryl/α,β-unsaturated/α-hetero) is 1. The first kappa shape index (κ1) is 13.7. The molecule has 20 heavy (non-hydrogen) atoms. The lowest BCUT2D eigenvalue weighted by Crippen LogP contribution is -2.37. The van der Waals surface area contributed by atoms with Crippen LogP contribution in [0.15, 0.2) is 18.2 Å².